The number of nitrogens with zero attached hydrogens (tertiary/aromatic N) is 2. The van der Waals surface area contributed by atoms with Gasteiger partial charge in [0, 0.05) is 23.2 Å². The standard InChI is InChI=1S/C14H26N4O/c1-9-8-12(17-16-9)15-13(19)14(4,5)10(2)11(3)18(6)7/h8,10-11H,1-7H3,(H2,15,16,17,19). The lowest BCUT2D eigenvalue weighted by molar-refractivity contribution is -0.127. The first-order valence-corrected chi connectivity index (χ1v) is 6.66. The van der Waals surface area contributed by atoms with Crippen molar-refractivity contribution in [2.45, 2.75) is 40.7 Å². The molecule has 108 valence electrons. The lowest BCUT2D eigenvalue weighted by Crippen LogP contribution is -2.45. The van der Waals surface area contributed by atoms with E-state index in [-0.39, 0.29) is 11.8 Å². The molecule has 19 heavy (non-hydrogen) atoms. The molecule has 1 rings (SSSR count). The third kappa shape index (κ3) is 3.56. The molecule has 0 saturated heterocycles. The van der Waals surface area contributed by atoms with Crippen LogP contribution in [0, 0.1) is 18.3 Å². The van der Waals surface area contributed by atoms with Crippen molar-refractivity contribution in [1.29, 1.82) is 0 Å². The number of anilines is 1. The molecule has 1 aromatic rings. The van der Waals surface area contributed by atoms with Gasteiger partial charge in [0.25, 0.3) is 0 Å². The minimum absolute atomic E-state index is 0.000185. The monoisotopic (exact) mass is 266 g/mol. The molecule has 5 nitrogen and oxygen atoms in total. The molecule has 2 unspecified atom stereocenters. The predicted molar refractivity (Wildman–Crippen MR) is 78.0 cm³/mol. The Morgan fingerprint density at radius 2 is 2.00 bits per heavy atom. The molecule has 5 heteroatoms. The molecule has 0 spiro atoms. The average molecular weight is 266 g/mol. The van der Waals surface area contributed by atoms with Gasteiger partial charge in [0.15, 0.2) is 5.82 Å². The first-order chi connectivity index (χ1) is 8.66. The number of hydrogen-bond acceptors (Lipinski definition) is 3. The van der Waals surface area contributed by atoms with E-state index in [2.05, 4.69) is 34.3 Å². The van der Waals surface area contributed by atoms with Gasteiger partial charge in [0.05, 0.1) is 0 Å². The van der Waals surface area contributed by atoms with E-state index in [1.807, 2.05) is 40.9 Å². The van der Waals surface area contributed by atoms with Crippen molar-refractivity contribution in [3.8, 4) is 0 Å². The predicted octanol–water partition coefficient (Wildman–Crippen LogP) is 2.27. The van der Waals surface area contributed by atoms with Crippen LogP contribution < -0.4 is 5.32 Å². The molecule has 0 fully saturated rings. The van der Waals surface area contributed by atoms with E-state index in [1.165, 1.54) is 0 Å². The van der Waals surface area contributed by atoms with Crippen LogP contribution in [0.25, 0.3) is 0 Å². The molecule has 0 aliphatic rings. The second kappa shape index (κ2) is 5.74. The summed E-state index contributed by atoms with van der Waals surface area (Å²) >= 11 is 0. The summed E-state index contributed by atoms with van der Waals surface area (Å²) in [6, 6.07) is 2.15. The van der Waals surface area contributed by atoms with Gasteiger partial charge in [-0.15, -0.1) is 0 Å². The number of carbonyl (C=O) groups excluding carboxylic acids is 1. The number of amides is 1. The topological polar surface area (TPSA) is 61.0 Å². The fourth-order valence-electron chi connectivity index (χ4n) is 2.02. The maximum atomic E-state index is 12.4. The van der Waals surface area contributed by atoms with Crippen LogP contribution in [0.2, 0.25) is 0 Å². The van der Waals surface area contributed by atoms with E-state index >= 15 is 0 Å². The Morgan fingerprint density at radius 1 is 1.42 bits per heavy atom. The van der Waals surface area contributed by atoms with Gasteiger partial charge < -0.3 is 10.2 Å². The van der Waals surface area contributed by atoms with Crippen LogP contribution in [0.3, 0.4) is 0 Å². The Kier molecular flexibility index (Phi) is 4.74. The minimum atomic E-state index is -0.462. The zero-order chi connectivity index (χ0) is 14.8. The van der Waals surface area contributed by atoms with Crippen LogP contribution in [-0.2, 0) is 4.79 Å². The van der Waals surface area contributed by atoms with Crippen LogP contribution in [0.1, 0.15) is 33.4 Å². The van der Waals surface area contributed by atoms with E-state index in [1.54, 1.807) is 0 Å². The Morgan fingerprint density at radius 3 is 2.42 bits per heavy atom. The second-order valence-corrected chi connectivity index (χ2v) is 6.10. The summed E-state index contributed by atoms with van der Waals surface area (Å²) in [6.45, 7) is 10.1. The van der Waals surface area contributed by atoms with Crippen LogP contribution in [-0.4, -0.2) is 41.1 Å². The highest BCUT2D eigenvalue weighted by molar-refractivity contribution is 5.94. The third-order valence-corrected chi connectivity index (χ3v) is 4.21. The van der Waals surface area contributed by atoms with Gasteiger partial charge in [-0.25, -0.2) is 0 Å². The Bertz CT molecular complexity index is 436. The molecule has 2 N–H and O–H groups in total. The molecule has 0 saturated carbocycles. The van der Waals surface area contributed by atoms with E-state index in [4.69, 9.17) is 0 Å². The minimum Gasteiger partial charge on any atom is -0.309 e. The number of nitrogens with one attached hydrogen (secondary N) is 2. The van der Waals surface area contributed by atoms with Crippen molar-refractivity contribution in [3.63, 3.8) is 0 Å². The SMILES string of the molecule is Cc1cc(NC(=O)C(C)(C)C(C)C(C)N(C)C)n[nH]1. The zero-order valence-corrected chi connectivity index (χ0v) is 13.0. The average Bonchev–Trinajstić information content (AvgIpc) is 2.72. The van der Waals surface area contributed by atoms with E-state index in [0.29, 0.717) is 11.9 Å². The summed E-state index contributed by atoms with van der Waals surface area (Å²) in [5.41, 5.74) is 0.471. The van der Waals surface area contributed by atoms with Crippen molar-refractivity contribution >= 4 is 11.7 Å². The third-order valence-electron chi connectivity index (χ3n) is 4.21. The maximum Gasteiger partial charge on any atom is 0.231 e. The summed E-state index contributed by atoms with van der Waals surface area (Å²) in [4.78, 5) is 14.6. The largest absolute Gasteiger partial charge is 0.309 e. The van der Waals surface area contributed by atoms with E-state index < -0.39 is 5.41 Å². The number of aryl methyl sites for hydroxylation is 1. The Balaban J connectivity index is 2.78. The smallest absolute Gasteiger partial charge is 0.231 e. The fraction of sp³-hybridized carbons (Fsp3) is 0.714. The maximum absolute atomic E-state index is 12.4. The molecular weight excluding hydrogens is 240 g/mol. The van der Waals surface area contributed by atoms with Gasteiger partial charge in [-0.2, -0.15) is 5.10 Å². The molecule has 0 radical (unpaired) electrons. The molecule has 0 aliphatic heterocycles. The molecule has 0 aromatic carbocycles. The molecule has 0 bridgehead atoms. The van der Waals surface area contributed by atoms with Crippen molar-refractivity contribution in [2.75, 3.05) is 19.4 Å². The highest BCUT2D eigenvalue weighted by Gasteiger charge is 2.37. The number of H-pyrrole nitrogens is 1. The lowest BCUT2D eigenvalue weighted by atomic mass is 9.75. The van der Waals surface area contributed by atoms with Crippen LogP contribution in [0.5, 0.6) is 0 Å². The normalized spacial score (nSPS) is 15.4. The number of rotatable bonds is 5. The van der Waals surface area contributed by atoms with Crippen molar-refractivity contribution in [1.82, 2.24) is 15.1 Å². The van der Waals surface area contributed by atoms with Crippen molar-refractivity contribution < 1.29 is 4.79 Å². The van der Waals surface area contributed by atoms with E-state index in [9.17, 15) is 4.79 Å². The van der Waals surface area contributed by atoms with Crippen molar-refractivity contribution in [3.05, 3.63) is 11.8 Å². The summed E-state index contributed by atoms with van der Waals surface area (Å²) < 4.78 is 0. The van der Waals surface area contributed by atoms with Crippen molar-refractivity contribution in [2.24, 2.45) is 11.3 Å². The van der Waals surface area contributed by atoms with Gasteiger partial charge in [0.2, 0.25) is 5.91 Å². The first kappa shape index (κ1) is 15.7. The summed E-state index contributed by atoms with van der Waals surface area (Å²) in [6.07, 6.45) is 0. The van der Waals surface area contributed by atoms with Gasteiger partial charge in [-0.05, 0) is 33.9 Å². The molecule has 1 heterocycles. The Labute approximate surface area is 115 Å². The number of carbonyl (C=O) groups is 1. The summed E-state index contributed by atoms with van der Waals surface area (Å²) in [5, 5.41) is 9.74. The van der Waals surface area contributed by atoms with Gasteiger partial charge in [-0.3, -0.25) is 9.89 Å². The molecule has 0 aliphatic carbocycles. The number of aromatic amines is 1. The summed E-state index contributed by atoms with van der Waals surface area (Å²) in [5.74, 6) is 0.808. The summed E-state index contributed by atoms with van der Waals surface area (Å²) in [7, 11) is 4.07. The first-order valence-electron chi connectivity index (χ1n) is 6.66. The molecule has 1 aromatic heterocycles. The lowest BCUT2D eigenvalue weighted by Gasteiger charge is -2.37. The molecule has 1 amide bonds. The molecule has 2 atom stereocenters. The van der Waals surface area contributed by atoms with Crippen LogP contribution in [0.15, 0.2) is 6.07 Å². The van der Waals surface area contributed by atoms with Crippen LogP contribution >= 0.6 is 0 Å². The number of hydrogen-bond donors (Lipinski definition) is 2. The highest BCUT2D eigenvalue weighted by Crippen LogP contribution is 2.32. The quantitative estimate of drug-likeness (QED) is 0.859. The van der Waals surface area contributed by atoms with E-state index in [0.717, 1.165) is 5.69 Å². The van der Waals surface area contributed by atoms with Gasteiger partial charge in [0.1, 0.15) is 0 Å². The zero-order valence-electron chi connectivity index (χ0n) is 13.0. The fourth-order valence-corrected chi connectivity index (χ4v) is 2.02. The number of aromatic nitrogens is 2. The van der Waals surface area contributed by atoms with Crippen LogP contribution in [0.4, 0.5) is 5.82 Å². The Hall–Kier alpha value is -1.36. The van der Waals surface area contributed by atoms with Gasteiger partial charge >= 0.3 is 0 Å². The second-order valence-electron chi connectivity index (χ2n) is 6.10. The highest BCUT2D eigenvalue weighted by atomic mass is 16.2. The molecular formula is C14H26N4O. The van der Waals surface area contributed by atoms with Gasteiger partial charge in [-0.1, -0.05) is 20.8 Å².